The summed E-state index contributed by atoms with van der Waals surface area (Å²) in [7, 11) is -0.355. The summed E-state index contributed by atoms with van der Waals surface area (Å²) < 4.78 is 12.2. The van der Waals surface area contributed by atoms with Crippen LogP contribution in [0.15, 0.2) is 24.3 Å². The second-order valence-electron chi connectivity index (χ2n) is 8.73. The van der Waals surface area contributed by atoms with Crippen molar-refractivity contribution in [3.8, 4) is 0 Å². The third-order valence-electron chi connectivity index (χ3n) is 6.13. The Labute approximate surface area is 164 Å². The molecule has 2 heterocycles. The van der Waals surface area contributed by atoms with Crippen molar-refractivity contribution < 1.29 is 14.1 Å². The largest absolute Gasteiger partial charge is 0.494 e. The highest BCUT2D eigenvalue weighted by atomic mass is 16.7. The number of rotatable bonds is 5. The Balaban J connectivity index is 1.55. The van der Waals surface area contributed by atoms with Crippen molar-refractivity contribution in [2.24, 2.45) is 0 Å². The van der Waals surface area contributed by atoms with E-state index >= 15 is 0 Å². The second kappa shape index (κ2) is 7.94. The first kappa shape index (κ1) is 20.4. The van der Waals surface area contributed by atoms with Gasteiger partial charge in [-0.2, -0.15) is 0 Å². The summed E-state index contributed by atoms with van der Waals surface area (Å²) in [5.74, 6) is 0.217. The minimum Gasteiger partial charge on any atom is -0.399 e. The fraction of sp³-hybridized carbons (Fsp3) is 0.667. The highest BCUT2D eigenvalue weighted by Gasteiger charge is 2.51. The molecule has 1 aromatic rings. The molecular formula is C21H33BN2O3. The van der Waals surface area contributed by atoms with Gasteiger partial charge in [-0.05, 0) is 51.7 Å². The van der Waals surface area contributed by atoms with Crippen LogP contribution in [0.4, 0.5) is 0 Å². The highest BCUT2D eigenvalue weighted by Crippen LogP contribution is 2.36. The van der Waals surface area contributed by atoms with Gasteiger partial charge in [-0.15, -0.1) is 0 Å². The SMILES string of the molecule is CCCN1CCN(C(=O)Cc2ccc(B3OC(C)(C)C(C)(C)O3)cc2)CC1. The quantitative estimate of drug-likeness (QED) is 0.743. The molecule has 1 aromatic carbocycles. The van der Waals surface area contributed by atoms with E-state index in [-0.39, 0.29) is 24.2 Å². The van der Waals surface area contributed by atoms with Gasteiger partial charge in [0.15, 0.2) is 0 Å². The Hall–Kier alpha value is -1.37. The van der Waals surface area contributed by atoms with E-state index in [9.17, 15) is 4.79 Å². The summed E-state index contributed by atoms with van der Waals surface area (Å²) in [5.41, 5.74) is 1.35. The predicted molar refractivity (Wildman–Crippen MR) is 109 cm³/mol. The number of amides is 1. The predicted octanol–water partition coefficient (Wildman–Crippen LogP) is 2.08. The zero-order valence-corrected chi connectivity index (χ0v) is 17.5. The van der Waals surface area contributed by atoms with Crippen LogP contribution in [-0.2, 0) is 20.5 Å². The van der Waals surface area contributed by atoms with Crippen molar-refractivity contribution in [1.82, 2.24) is 9.80 Å². The first-order valence-corrected chi connectivity index (χ1v) is 10.2. The summed E-state index contributed by atoms with van der Waals surface area (Å²) >= 11 is 0. The topological polar surface area (TPSA) is 42.0 Å². The van der Waals surface area contributed by atoms with Crippen LogP contribution in [0.1, 0.15) is 46.6 Å². The molecule has 5 nitrogen and oxygen atoms in total. The third kappa shape index (κ3) is 4.56. The van der Waals surface area contributed by atoms with Crippen molar-refractivity contribution in [2.45, 2.75) is 58.7 Å². The smallest absolute Gasteiger partial charge is 0.399 e. The third-order valence-corrected chi connectivity index (χ3v) is 6.13. The number of nitrogens with zero attached hydrogens (tertiary/aromatic N) is 2. The molecule has 2 fully saturated rings. The average Bonchev–Trinajstić information content (AvgIpc) is 2.84. The van der Waals surface area contributed by atoms with Crippen molar-refractivity contribution >= 4 is 18.5 Å². The van der Waals surface area contributed by atoms with Gasteiger partial charge < -0.3 is 14.2 Å². The number of carbonyl (C=O) groups is 1. The summed E-state index contributed by atoms with van der Waals surface area (Å²) in [5, 5.41) is 0. The van der Waals surface area contributed by atoms with E-state index in [1.54, 1.807) is 0 Å². The maximum Gasteiger partial charge on any atom is 0.494 e. The molecule has 0 aliphatic carbocycles. The summed E-state index contributed by atoms with van der Waals surface area (Å²) in [6, 6.07) is 8.07. The van der Waals surface area contributed by atoms with Crippen molar-refractivity contribution in [3.05, 3.63) is 29.8 Å². The van der Waals surface area contributed by atoms with E-state index in [2.05, 4.69) is 39.5 Å². The Bertz CT molecular complexity index is 636. The molecule has 6 heteroatoms. The zero-order chi connectivity index (χ0) is 19.7. The lowest BCUT2D eigenvalue weighted by Crippen LogP contribution is -2.49. The van der Waals surface area contributed by atoms with Crippen LogP contribution in [0.2, 0.25) is 0 Å². The minimum atomic E-state index is -0.355. The van der Waals surface area contributed by atoms with E-state index in [0.29, 0.717) is 6.42 Å². The number of hydrogen-bond acceptors (Lipinski definition) is 4. The van der Waals surface area contributed by atoms with Crippen molar-refractivity contribution in [1.29, 1.82) is 0 Å². The van der Waals surface area contributed by atoms with Gasteiger partial charge in [0.2, 0.25) is 5.91 Å². The second-order valence-corrected chi connectivity index (χ2v) is 8.73. The molecule has 2 aliphatic rings. The fourth-order valence-electron chi connectivity index (χ4n) is 3.60. The molecule has 0 radical (unpaired) electrons. The van der Waals surface area contributed by atoms with Crippen LogP contribution in [0.5, 0.6) is 0 Å². The van der Waals surface area contributed by atoms with Crippen LogP contribution in [-0.4, -0.2) is 66.8 Å². The molecule has 2 aliphatic heterocycles. The maximum atomic E-state index is 12.6. The molecule has 0 spiro atoms. The molecule has 0 atom stereocenters. The van der Waals surface area contributed by atoms with Crippen LogP contribution in [0, 0.1) is 0 Å². The van der Waals surface area contributed by atoms with E-state index in [0.717, 1.165) is 43.8 Å². The van der Waals surface area contributed by atoms with E-state index in [1.807, 2.05) is 29.2 Å². The standard InChI is InChI=1S/C21H33BN2O3/c1-6-11-23-12-14-24(15-13-23)19(25)16-17-7-9-18(10-8-17)22-26-20(2,3)21(4,5)27-22/h7-10H,6,11-16H2,1-5H3. The Kier molecular flexibility index (Phi) is 5.99. The molecule has 0 aromatic heterocycles. The van der Waals surface area contributed by atoms with Crippen LogP contribution < -0.4 is 5.46 Å². The average molecular weight is 372 g/mol. The molecule has 148 valence electrons. The van der Waals surface area contributed by atoms with Crippen LogP contribution in [0.25, 0.3) is 0 Å². The van der Waals surface area contributed by atoms with Crippen molar-refractivity contribution in [2.75, 3.05) is 32.7 Å². The summed E-state index contributed by atoms with van der Waals surface area (Å²) in [4.78, 5) is 17.0. The van der Waals surface area contributed by atoms with Gasteiger partial charge in [-0.25, -0.2) is 0 Å². The maximum absolute atomic E-state index is 12.6. The number of carbonyl (C=O) groups excluding carboxylic acids is 1. The Morgan fingerprint density at radius 1 is 1.00 bits per heavy atom. The Morgan fingerprint density at radius 2 is 1.56 bits per heavy atom. The van der Waals surface area contributed by atoms with Gasteiger partial charge in [0, 0.05) is 26.2 Å². The molecule has 27 heavy (non-hydrogen) atoms. The van der Waals surface area contributed by atoms with Crippen LogP contribution in [0.3, 0.4) is 0 Å². The summed E-state index contributed by atoms with van der Waals surface area (Å²) in [6.45, 7) is 15.2. The van der Waals surface area contributed by atoms with Gasteiger partial charge in [0.05, 0.1) is 17.6 Å². The fourth-order valence-corrected chi connectivity index (χ4v) is 3.60. The lowest BCUT2D eigenvalue weighted by Gasteiger charge is -2.34. The van der Waals surface area contributed by atoms with Gasteiger partial charge >= 0.3 is 7.12 Å². The zero-order valence-electron chi connectivity index (χ0n) is 17.5. The summed E-state index contributed by atoms with van der Waals surface area (Å²) in [6.07, 6.45) is 1.63. The lowest BCUT2D eigenvalue weighted by atomic mass is 9.79. The van der Waals surface area contributed by atoms with Crippen molar-refractivity contribution in [3.63, 3.8) is 0 Å². The molecule has 1 amide bonds. The minimum absolute atomic E-state index is 0.217. The molecule has 0 bridgehead atoms. The first-order valence-electron chi connectivity index (χ1n) is 10.2. The molecule has 0 saturated carbocycles. The van der Waals surface area contributed by atoms with E-state index < -0.39 is 0 Å². The van der Waals surface area contributed by atoms with E-state index in [4.69, 9.17) is 9.31 Å². The van der Waals surface area contributed by atoms with Gasteiger partial charge in [0.25, 0.3) is 0 Å². The van der Waals surface area contributed by atoms with Gasteiger partial charge in [0.1, 0.15) is 0 Å². The molecule has 2 saturated heterocycles. The Morgan fingerprint density at radius 3 is 2.07 bits per heavy atom. The first-order chi connectivity index (χ1) is 12.7. The van der Waals surface area contributed by atoms with E-state index in [1.165, 1.54) is 6.42 Å². The number of piperazine rings is 1. The monoisotopic (exact) mass is 372 g/mol. The van der Waals surface area contributed by atoms with Crippen LogP contribution >= 0.6 is 0 Å². The molecule has 0 N–H and O–H groups in total. The highest BCUT2D eigenvalue weighted by molar-refractivity contribution is 6.62. The lowest BCUT2D eigenvalue weighted by molar-refractivity contribution is -0.132. The molecule has 0 unspecified atom stereocenters. The number of hydrogen-bond donors (Lipinski definition) is 0. The number of benzene rings is 1. The molecular weight excluding hydrogens is 339 g/mol. The van der Waals surface area contributed by atoms with Gasteiger partial charge in [-0.1, -0.05) is 31.2 Å². The van der Waals surface area contributed by atoms with Gasteiger partial charge in [-0.3, -0.25) is 9.69 Å². The molecule has 3 rings (SSSR count). The normalized spacial score (nSPS) is 22.3.